The van der Waals surface area contributed by atoms with Gasteiger partial charge in [-0.15, -0.1) is 0 Å². The van der Waals surface area contributed by atoms with Crippen molar-refractivity contribution in [3.05, 3.63) is 33.0 Å². The van der Waals surface area contributed by atoms with Crippen LogP contribution in [0.3, 0.4) is 0 Å². The van der Waals surface area contributed by atoms with Crippen LogP contribution in [-0.4, -0.2) is 16.1 Å². The summed E-state index contributed by atoms with van der Waals surface area (Å²) < 4.78 is 14.4. The van der Waals surface area contributed by atoms with Gasteiger partial charge in [0, 0.05) is 15.3 Å². The highest BCUT2D eigenvalue weighted by molar-refractivity contribution is 9.10. The van der Waals surface area contributed by atoms with Crippen molar-refractivity contribution in [2.75, 3.05) is 5.75 Å². The molecule has 1 heterocycles. The minimum absolute atomic E-state index is 0.0412. The Morgan fingerprint density at radius 2 is 2.31 bits per heavy atom. The molecule has 1 N–H and O–H groups in total. The zero-order valence-electron chi connectivity index (χ0n) is 8.42. The highest BCUT2D eigenvalue weighted by Crippen LogP contribution is 2.39. The number of hydrogen-bond donors (Lipinski definition) is 1. The maximum Gasteiger partial charge on any atom is 0.148 e. The van der Waals surface area contributed by atoms with Crippen LogP contribution >= 0.6 is 39.3 Å². The van der Waals surface area contributed by atoms with Crippen molar-refractivity contribution in [3.63, 3.8) is 0 Å². The Hall–Kier alpha value is 0.230. The number of thioether (sulfide) groups is 1. The normalized spacial score (nSPS) is 22.4. The Morgan fingerprint density at radius 3 is 2.94 bits per heavy atom. The van der Waals surface area contributed by atoms with E-state index in [0.717, 1.165) is 18.6 Å². The van der Waals surface area contributed by atoms with Crippen LogP contribution in [0.15, 0.2) is 16.6 Å². The maximum absolute atomic E-state index is 13.8. The van der Waals surface area contributed by atoms with Crippen molar-refractivity contribution in [1.29, 1.82) is 0 Å². The third-order valence-corrected chi connectivity index (χ3v) is 5.41. The van der Waals surface area contributed by atoms with Crippen molar-refractivity contribution in [2.45, 2.75) is 24.2 Å². The van der Waals surface area contributed by atoms with E-state index >= 15 is 0 Å². The van der Waals surface area contributed by atoms with Crippen LogP contribution in [0, 0.1) is 5.82 Å². The van der Waals surface area contributed by atoms with Crippen LogP contribution in [0.2, 0.25) is 5.02 Å². The maximum atomic E-state index is 13.8. The predicted octanol–water partition coefficient (Wildman–Crippen LogP) is 4.17. The Kier molecular flexibility index (Phi) is 4.16. The van der Waals surface area contributed by atoms with Crippen molar-refractivity contribution in [1.82, 2.24) is 0 Å². The first kappa shape index (κ1) is 12.7. The minimum atomic E-state index is -0.766. The summed E-state index contributed by atoms with van der Waals surface area (Å²) >= 11 is 10.6. The van der Waals surface area contributed by atoms with E-state index < -0.39 is 11.9 Å². The molecule has 2 rings (SSSR count). The fourth-order valence-corrected chi connectivity index (χ4v) is 3.60. The topological polar surface area (TPSA) is 20.2 Å². The second-order valence-corrected chi connectivity index (χ2v) is 6.34. The molecule has 0 bridgehead atoms. The van der Waals surface area contributed by atoms with Gasteiger partial charge in [-0.1, -0.05) is 17.7 Å². The predicted molar refractivity (Wildman–Crippen MR) is 69.5 cm³/mol. The molecule has 1 fully saturated rings. The van der Waals surface area contributed by atoms with Gasteiger partial charge in [-0.25, -0.2) is 4.39 Å². The van der Waals surface area contributed by atoms with Crippen molar-refractivity contribution in [2.24, 2.45) is 0 Å². The van der Waals surface area contributed by atoms with E-state index in [1.54, 1.807) is 23.9 Å². The zero-order valence-corrected chi connectivity index (χ0v) is 11.6. The summed E-state index contributed by atoms with van der Waals surface area (Å²) in [4.78, 5) is 0. The van der Waals surface area contributed by atoms with Gasteiger partial charge in [-0.2, -0.15) is 11.8 Å². The molecule has 88 valence electrons. The second-order valence-electron chi connectivity index (χ2n) is 3.76. The van der Waals surface area contributed by atoms with Gasteiger partial charge in [0.1, 0.15) is 5.82 Å². The molecule has 1 aromatic carbocycles. The lowest BCUT2D eigenvalue weighted by atomic mass is 10.0. The molecule has 0 aliphatic carbocycles. The van der Waals surface area contributed by atoms with Crippen molar-refractivity contribution in [3.8, 4) is 0 Å². The largest absolute Gasteiger partial charge is 0.387 e. The van der Waals surface area contributed by atoms with Crippen molar-refractivity contribution < 1.29 is 9.50 Å². The lowest BCUT2D eigenvalue weighted by Gasteiger charge is -2.18. The van der Waals surface area contributed by atoms with Crippen LogP contribution in [-0.2, 0) is 0 Å². The zero-order chi connectivity index (χ0) is 11.7. The van der Waals surface area contributed by atoms with Gasteiger partial charge < -0.3 is 5.11 Å². The van der Waals surface area contributed by atoms with Crippen molar-refractivity contribution >= 4 is 39.3 Å². The second kappa shape index (κ2) is 5.25. The SMILES string of the molecule is OC(c1ccc(Br)c(Cl)c1F)C1CCCS1. The molecule has 1 saturated heterocycles. The van der Waals surface area contributed by atoms with E-state index in [1.165, 1.54) is 0 Å². The molecule has 0 radical (unpaired) electrons. The van der Waals surface area contributed by atoms with Gasteiger partial charge in [-0.3, -0.25) is 0 Å². The van der Waals surface area contributed by atoms with E-state index in [2.05, 4.69) is 15.9 Å². The minimum Gasteiger partial charge on any atom is -0.387 e. The third-order valence-electron chi connectivity index (χ3n) is 2.70. The first-order valence-corrected chi connectivity index (χ1v) is 7.26. The first-order chi connectivity index (χ1) is 7.61. The van der Waals surface area contributed by atoms with Crippen LogP contribution in [0.1, 0.15) is 24.5 Å². The quantitative estimate of drug-likeness (QED) is 0.824. The highest BCUT2D eigenvalue weighted by atomic mass is 79.9. The molecule has 1 aliphatic heterocycles. The summed E-state index contributed by atoms with van der Waals surface area (Å²) in [5.41, 5.74) is 0.299. The average Bonchev–Trinajstić information content (AvgIpc) is 2.79. The van der Waals surface area contributed by atoms with Crippen LogP contribution < -0.4 is 0 Å². The standard InChI is InChI=1S/C11H11BrClFOS/c12-7-4-3-6(10(14)9(7)13)11(15)8-2-1-5-16-8/h3-4,8,11,15H,1-2,5H2. The van der Waals surface area contributed by atoms with Gasteiger partial charge in [-0.05, 0) is 40.6 Å². The summed E-state index contributed by atoms with van der Waals surface area (Å²) in [7, 11) is 0. The smallest absolute Gasteiger partial charge is 0.148 e. The molecule has 0 aromatic heterocycles. The number of halogens is 3. The molecule has 2 unspecified atom stereocenters. The molecule has 0 amide bonds. The fourth-order valence-electron chi connectivity index (χ4n) is 1.82. The molecular formula is C11H11BrClFOS. The van der Waals surface area contributed by atoms with E-state index in [9.17, 15) is 9.50 Å². The Bertz CT molecular complexity index is 396. The molecule has 1 aliphatic rings. The average molecular weight is 326 g/mol. The number of rotatable bonds is 2. The molecule has 16 heavy (non-hydrogen) atoms. The van der Waals surface area contributed by atoms with E-state index in [4.69, 9.17) is 11.6 Å². The van der Waals surface area contributed by atoms with Crippen LogP contribution in [0.25, 0.3) is 0 Å². The Labute approximate surface area is 112 Å². The summed E-state index contributed by atoms with van der Waals surface area (Å²) in [6.45, 7) is 0. The lowest BCUT2D eigenvalue weighted by Crippen LogP contribution is -2.13. The third kappa shape index (κ3) is 2.40. The van der Waals surface area contributed by atoms with E-state index in [1.807, 2.05) is 0 Å². The summed E-state index contributed by atoms with van der Waals surface area (Å²) in [5.74, 6) is 0.518. The molecule has 0 spiro atoms. The summed E-state index contributed by atoms with van der Waals surface area (Å²) in [5, 5.41) is 10.2. The van der Waals surface area contributed by atoms with E-state index in [-0.39, 0.29) is 10.3 Å². The number of aliphatic hydroxyl groups excluding tert-OH is 1. The lowest BCUT2D eigenvalue weighted by molar-refractivity contribution is 0.168. The van der Waals surface area contributed by atoms with Gasteiger partial charge >= 0.3 is 0 Å². The van der Waals surface area contributed by atoms with Gasteiger partial charge in [0.15, 0.2) is 0 Å². The van der Waals surface area contributed by atoms with E-state index in [0.29, 0.717) is 10.0 Å². The van der Waals surface area contributed by atoms with Crippen LogP contribution in [0.5, 0.6) is 0 Å². The highest BCUT2D eigenvalue weighted by Gasteiger charge is 2.28. The molecular weight excluding hydrogens is 315 g/mol. The summed E-state index contributed by atoms with van der Waals surface area (Å²) in [6.07, 6.45) is 1.25. The molecule has 1 nitrogen and oxygen atoms in total. The molecule has 0 saturated carbocycles. The van der Waals surface area contributed by atoms with Gasteiger partial charge in [0.05, 0.1) is 11.1 Å². The monoisotopic (exact) mass is 324 g/mol. The molecule has 5 heteroatoms. The molecule has 2 atom stereocenters. The van der Waals surface area contributed by atoms with Gasteiger partial charge in [0.25, 0.3) is 0 Å². The fraction of sp³-hybridized carbons (Fsp3) is 0.455. The number of hydrogen-bond acceptors (Lipinski definition) is 2. The van der Waals surface area contributed by atoms with Crippen LogP contribution in [0.4, 0.5) is 4.39 Å². The van der Waals surface area contributed by atoms with Gasteiger partial charge in [0.2, 0.25) is 0 Å². The molecule has 1 aromatic rings. The first-order valence-electron chi connectivity index (χ1n) is 5.04. The number of aliphatic hydroxyl groups is 1. The number of benzene rings is 1. The Balaban J connectivity index is 2.29. The summed E-state index contributed by atoms with van der Waals surface area (Å²) in [6, 6.07) is 3.26. The Morgan fingerprint density at radius 1 is 1.56 bits per heavy atom.